The Bertz CT molecular complexity index is 369. The van der Waals surface area contributed by atoms with Crippen molar-refractivity contribution in [2.75, 3.05) is 5.32 Å². The minimum atomic E-state index is 0.165. The minimum Gasteiger partial charge on any atom is -0.324 e. The van der Waals surface area contributed by atoms with E-state index in [-0.39, 0.29) is 11.8 Å². The van der Waals surface area contributed by atoms with Gasteiger partial charge in [-0.15, -0.1) is 0 Å². The highest BCUT2D eigenvalue weighted by molar-refractivity contribution is 5.92. The van der Waals surface area contributed by atoms with Gasteiger partial charge in [-0.25, -0.2) is 0 Å². The van der Waals surface area contributed by atoms with Gasteiger partial charge in [-0.05, 0) is 43.7 Å². The number of hydrogen-bond acceptors (Lipinski definition) is 2. The molecule has 0 bridgehead atoms. The topological polar surface area (TPSA) is 42.0 Å². The average Bonchev–Trinajstić information content (AvgIpc) is 2.41. The van der Waals surface area contributed by atoms with Gasteiger partial charge in [0.1, 0.15) is 0 Å². The lowest BCUT2D eigenvalue weighted by molar-refractivity contribution is -0.121. The molecule has 1 aliphatic carbocycles. The van der Waals surface area contributed by atoms with Crippen molar-refractivity contribution < 1.29 is 4.79 Å². The Kier molecular flexibility index (Phi) is 4.73. The molecule has 98 valence electrons. The van der Waals surface area contributed by atoms with Gasteiger partial charge in [0, 0.05) is 12.1 Å². The number of aromatic nitrogens is 1. The van der Waals surface area contributed by atoms with Crippen LogP contribution in [-0.4, -0.2) is 10.9 Å². The third kappa shape index (κ3) is 3.56. The summed E-state index contributed by atoms with van der Waals surface area (Å²) >= 11 is 0. The summed E-state index contributed by atoms with van der Waals surface area (Å²) in [4.78, 5) is 16.1. The van der Waals surface area contributed by atoms with Crippen molar-refractivity contribution in [3.63, 3.8) is 0 Å². The molecule has 1 N–H and O–H groups in total. The summed E-state index contributed by atoms with van der Waals surface area (Å²) in [5.74, 6) is 1.20. The molecule has 1 heterocycles. The molecule has 2 rings (SSSR count). The monoisotopic (exact) mass is 246 g/mol. The second-order valence-electron chi connectivity index (χ2n) is 5.24. The molecule has 0 aliphatic heterocycles. The van der Waals surface area contributed by atoms with Crippen LogP contribution in [0.5, 0.6) is 0 Å². The molecule has 1 aromatic rings. The zero-order valence-electron chi connectivity index (χ0n) is 11.1. The summed E-state index contributed by atoms with van der Waals surface area (Å²) in [6.45, 7) is 2.24. The van der Waals surface area contributed by atoms with Crippen molar-refractivity contribution in [1.82, 2.24) is 4.98 Å². The lowest BCUT2D eigenvalue weighted by Gasteiger charge is -2.27. The largest absolute Gasteiger partial charge is 0.324 e. The Morgan fingerprint density at radius 1 is 1.39 bits per heavy atom. The second kappa shape index (κ2) is 6.53. The smallest absolute Gasteiger partial charge is 0.227 e. The number of carbonyl (C=O) groups is 1. The number of carbonyl (C=O) groups excluding carboxylic acids is 1. The predicted molar refractivity (Wildman–Crippen MR) is 73.2 cm³/mol. The van der Waals surface area contributed by atoms with E-state index >= 15 is 0 Å². The molecule has 3 nitrogen and oxygen atoms in total. The number of anilines is 1. The van der Waals surface area contributed by atoms with Gasteiger partial charge in [-0.2, -0.15) is 0 Å². The molecule has 0 aromatic carbocycles. The first kappa shape index (κ1) is 13.1. The summed E-state index contributed by atoms with van der Waals surface area (Å²) < 4.78 is 0. The third-order valence-electron chi connectivity index (χ3n) is 3.84. The van der Waals surface area contributed by atoms with Gasteiger partial charge in [-0.1, -0.05) is 19.8 Å². The molecule has 1 saturated carbocycles. The van der Waals surface area contributed by atoms with Gasteiger partial charge in [0.2, 0.25) is 5.91 Å². The van der Waals surface area contributed by atoms with E-state index in [1.165, 1.54) is 25.7 Å². The fourth-order valence-corrected chi connectivity index (χ4v) is 2.80. The summed E-state index contributed by atoms with van der Waals surface area (Å²) in [5.41, 5.74) is 0.804. The molecular weight excluding hydrogens is 224 g/mol. The Morgan fingerprint density at radius 2 is 2.17 bits per heavy atom. The molecule has 1 fully saturated rings. The maximum Gasteiger partial charge on any atom is 0.227 e. The van der Waals surface area contributed by atoms with Crippen LogP contribution >= 0.6 is 0 Å². The number of hydrogen-bond donors (Lipinski definition) is 1. The molecule has 1 aromatic heterocycles. The van der Waals surface area contributed by atoms with Crippen LogP contribution in [0.15, 0.2) is 24.5 Å². The molecule has 1 aliphatic rings. The number of nitrogens with one attached hydrogen (secondary N) is 1. The van der Waals surface area contributed by atoms with Crippen molar-refractivity contribution in [3.8, 4) is 0 Å². The normalized spacial score (nSPS) is 23.6. The van der Waals surface area contributed by atoms with E-state index in [4.69, 9.17) is 0 Å². The van der Waals surface area contributed by atoms with Crippen molar-refractivity contribution in [2.45, 2.75) is 45.4 Å². The van der Waals surface area contributed by atoms with Gasteiger partial charge >= 0.3 is 0 Å². The van der Waals surface area contributed by atoms with E-state index < -0.39 is 0 Å². The molecule has 18 heavy (non-hydrogen) atoms. The minimum absolute atomic E-state index is 0.165. The zero-order chi connectivity index (χ0) is 12.8. The second-order valence-corrected chi connectivity index (χ2v) is 5.24. The molecule has 0 atom stereocenters. The van der Waals surface area contributed by atoms with Crippen LogP contribution in [0.1, 0.15) is 45.4 Å². The van der Waals surface area contributed by atoms with Crippen LogP contribution < -0.4 is 5.32 Å². The quantitative estimate of drug-likeness (QED) is 0.881. The third-order valence-corrected chi connectivity index (χ3v) is 3.84. The maximum atomic E-state index is 12.1. The summed E-state index contributed by atoms with van der Waals surface area (Å²) in [5, 5.41) is 2.96. The highest BCUT2D eigenvalue weighted by Crippen LogP contribution is 2.32. The lowest BCUT2D eigenvalue weighted by atomic mass is 9.80. The lowest BCUT2D eigenvalue weighted by Crippen LogP contribution is -2.27. The number of amides is 1. The van der Waals surface area contributed by atoms with E-state index in [9.17, 15) is 4.79 Å². The fraction of sp³-hybridized carbons (Fsp3) is 0.600. The molecular formula is C15H22N2O. The predicted octanol–water partition coefficient (Wildman–Crippen LogP) is 3.63. The van der Waals surface area contributed by atoms with Crippen molar-refractivity contribution >= 4 is 11.6 Å². The molecule has 0 spiro atoms. The first-order chi connectivity index (χ1) is 8.79. The number of pyridine rings is 1. The zero-order valence-corrected chi connectivity index (χ0v) is 11.1. The van der Waals surface area contributed by atoms with E-state index in [2.05, 4.69) is 17.2 Å². The van der Waals surface area contributed by atoms with Crippen LogP contribution in [0.2, 0.25) is 0 Å². The van der Waals surface area contributed by atoms with Crippen molar-refractivity contribution in [2.24, 2.45) is 11.8 Å². The van der Waals surface area contributed by atoms with Crippen LogP contribution in [-0.2, 0) is 4.79 Å². The van der Waals surface area contributed by atoms with Crippen LogP contribution in [0.4, 0.5) is 5.69 Å². The van der Waals surface area contributed by atoms with Gasteiger partial charge in [0.15, 0.2) is 0 Å². The number of rotatable bonds is 4. The summed E-state index contributed by atoms with van der Waals surface area (Å²) in [6, 6.07) is 3.72. The van der Waals surface area contributed by atoms with Gasteiger partial charge in [-0.3, -0.25) is 9.78 Å². The van der Waals surface area contributed by atoms with Gasteiger partial charge < -0.3 is 5.32 Å². The Morgan fingerprint density at radius 3 is 2.78 bits per heavy atom. The standard InChI is InChI=1S/C15H22N2O/c1-2-4-12-6-8-13(9-7-12)15(18)17-14-5-3-10-16-11-14/h3,5,10-13H,2,4,6-9H2,1H3,(H,17,18). The van der Waals surface area contributed by atoms with Gasteiger partial charge in [0.25, 0.3) is 0 Å². The molecule has 1 amide bonds. The fourth-order valence-electron chi connectivity index (χ4n) is 2.80. The molecule has 0 radical (unpaired) electrons. The highest BCUT2D eigenvalue weighted by atomic mass is 16.1. The molecule has 3 heteroatoms. The van der Waals surface area contributed by atoms with Crippen molar-refractivity contribution in [3.05, 3.63) is 24.5 Å². The maximum absolute atomic E-state index is 12.1. The Labute approximate surface area is 109 Å². The van der Waals surface area contributed by atoms with Crippen LogP contribution in [0.3, 0.4) is 0 Å². The Balaban J connectivity index is 1.81. The Hall–Kier alpha value is -1.38. The molecule has 0 saturated heterocycles. The number of nitrogens with zero attached hydrogens (tertiary/aromatic N) is 1. The summed E-state index contributed by atoms with van der Waals surface area (Å²) in [7, 11) is 0. The van der Waals surface area contributed by atoms with E-state index in [0.29, 0.717) is 0 Å². The van der Waals surface area contributed by atoms with E-state index in [0.717, 1.165) is 24.4 Å². The van der Waals surface area contributed by atoms with Gasteiger partial charge in [0.05, 0.1) is 11.9 Å². The van der Waals surface area contributed by atoms with Crippen LogP contribution in [0, 0.1) is 11.8 Å². The highest BCUT2D eigenvalue weighted by Gasteiger charge is 2.25. The van der Waals surface area contributed by atoms with Crippen molar-refractivity contribution in [1.29, 1.82) is 0 Å². The SMILES string of the molecule is CCCC1CCC(C(=O)Nc2cccnc2)CC1. The first-order valence-corrected chi connectivity index (χ1v) is 7.00. The first-order valence-electron chi connectivity index (χ1n) is 7.00. The van der Waals surface area contributed by atoms with E-state index in [1.54, 1.807) is 12.4 Å². The molecule has 0 unspecified atom stereocenters. The summed E-state index contributed by atoms with van der Waals surface area (Å²) in [6.07, 6.45) is 10.5. The van der Waals surface area contributed by atoms with E-state index in [1.807, 2.05) is 12.1 Å². The average molecular weight is 246 g/mol. The van der Waals surface area contributed by atoms with Crippen LogP contribution in [0.25, 0.3) is 0 Å².